The summed E-state index contributed by atoms with van der Waals surface area (Å²) in [5.41, 5.74) is 3.18. The molecule has 0 amide bonds. The van der Waals surface area contributed by atoms with Crippen molar-refractivity contribution in [3.05, 3.63) is 69.7 Å². The first kappa shape index (κ1) is 16.1. The first-order chi connectivity index (χ1) is 9.66. The van der Waals surface area contributed by atoms with E-state index in [-0.39, 0.29) is 10.8 Å². The third-order valence-electron chi connectivity index (χ3n) is 3.64. The number of halogens is 1. The highest BCUT2D eigenvalue weighted by atomic mass is 35.5. The Bertz CT molecular complexity index is 522. The smallest absolute Gasteiger partial charge is 0.0561 e. The van der Waals surface area contributed by atoms with Gasteiger partial charge in [0.1, 0.15) is 0 Å². The topological polar surface area (TPSA) is 0 Å². The summed E-state index contributed by atoms with van der Waals surface area (Å²) in [5, 5.41) is 2.48. The van der Waals surface area contributed by atoms with Crippen molar-refractivity contribution < 1.29 is 10.8 Å². The standard InChI is InChI=1S/C20H26Cl/c1-19(2,3)15-7-11-17(12-8-15)21-18-13-9-16(10-14-18)20(4,5)6/h7-14H,1-6H3/q+1. The van der Waals surface area contributed by atoms with Crippen LogP contribution < -0.4 is 0 Å². The highest BCUT2D eigenvalue weighted by Crippen LogP contribution is 2.26. The van der Waals surface area contributed by atoms with Gasteiger partial charge in [-0.15, -0.1) is 0 Å². The second-order valence-electron chi connectivity index (χ2n) is 7.61. The number of benzene rings is 2. The lowest BCUT2D eigenvalue weighted by atomic mass is 9.87. The van der Waals surface area contributed by atoms with Gasteiger partial charge in [-0.25, -0.2) is 0 Å². The first-order valence-electron chi connectivity index (χ1n) is 7.52. The molecule has 2 rings (SSSR count). The molecule has 0 heterocycles. The molecule has 0 N–H and O–H groups in total. The second-order valence-corrected chi connectivity index (χ2v) is 8.67. The zero-order chi connectivity index (χ0) is 15.7. The number of rotatable bonds is 2. The van der Waals surface area contributed by atoms with E-state index < -0.39 is 0 Å². The fraction of sp³-hybridized carbons (Fsp3) is 0.400. The minimum Gasteiger partial charge on any atom is -0.0561 e. The van der Waals surface area contributed by atoms with Crippen LogP contribution >= 0.6 is 0 Å². The van der Waals surface area contributed by atoms with Crippen LogP contribution in [-0.2, 0) is 10.8 Å². The molecule has 0 saturated carbocycles. The summed E-state index contributed by atoms with van der Waals surface area (Å²) in [6.07, 6.45) is 0. The molecule has 0 nitrogen and oxygen atoms in total. The Morgan fingerprint density at radius 2 is 0.810 bits per heavy atom. The van der Waals surface area contributed by atoms with Gasteiger partial charge in [-0.2, -0.15) is 0 Å². The van der Waals surface area contributed by atoms with Crippen LogP contribution in [0.2, 0.25) is 10.0 Å². The van der Waals surface area contributed by atoms with Gasteiger partial charge in [0.2, 0.25) is 20.8 Å². The molecule has 0 saturated heterocycles. The second kappa shape index (κ2) is 5.85. The van der Waals surface area contributed by atoms with Crippen molar-refractivity contribution in [2.45, 2.75) is 52.4 Å². The van der Waals surface area contributed by atoms with Gasteiger partial charge in [0.15, 0.2) is 0 Å². The average molecular weight is 302 g/mol. The molecule has 0 spiro atoms. The fourth-order valence-electron chi connectivity index (χ4n) is 2.15. The highest BCUT2D eigenvalue weighted by Gasteiger charge is 2.19. The van der Waals surface area contributed by atoms with Crippen LogP contribution in [0.25, 0.3) is 0 Å². The Morgan fingerprint density at radius 1 is 0.524 bits per heavy atom. The molecule has 0 fully saturated rings. The number of hydrogen-bond acceptors (Lipinski definition) is 0. The maximum atomic E-state index is 2.37. The van der Waals surface area contributed by atoms with Gasteiger partial charge in [-0.3, -0.25) is 0 Å². The third-order valence-corrected chi connectivity index (χ3v) is 4.58. The predicted octanol–water partition coefficient (Wildman–Crippen LogP) is 5.90. The van der Waals surface area contributed by atoms with Crippen LogP contribution in [-0.4, -0.2) is 0 Å². The van der Waals surface area contributed by atoms with Gasteiger partial charge in [0.05, 0.1) is 0 Å². The van der Waals surface area contributed by atoms with E-state index in [1.54, 1.807) is 0 Å². The largest absolute Gasteiger partial charge is 0.235 e. The van der Waals surface area contributed by atoms with E-state index >= 15 is 0 Å². The lowest BCUT2D eigenvalue weighted by Gasteiger charge is -2.18. The SMILES string of the molecule is CC(C)(C)c1ccc([Cl+]c2ccc(C(C)(C)C)cc2)cc1. The Morgan fingerprint density at radius 3 is 1.05 bits per heavy atom. The molecule has 0 radical (unpaired) electrons. The van der Waals surface area contributed by atoms with Crippen LogP contribution in [0.4, 0.5) is 0 Å². The first-order valence-corrected chi connectivity index (χ1v) is 8.28. The van der Waals surface area contributed by atoms with Gasteiger partial charge in [-0.05, 0) is 22.0 Å². The van der Waals surface area contributed by atoms with E-state index in [1.165, 1.54) is 21.2 Å². The van der Waals surface area contributed by atoms with Gasteiger partial charge in [0, 0.05) is 24.3 Å². The molecule has 0 aliphatic heterocycles. The van der Waals surface area contributed by atoms with Gasteiger partial charge in [0.25, 0.3) is 0 Å². The van der Waals surface area contributed by atoms with E-state index in [2.05, 4.69) is 101 Å². The summed E-state index contributed by atoms with van der Waals surface area (Å²) >= 11 is 0. The summed E-state index contributed by atoms with van der Waals surface area (Å²) < 4.78 is 0. The van der Waals surface area contributed by atoms with E-state index in [0.29, 0.717) is 0 Å². The van der Waals surface area contributed by atoms with Crippen molar-refractivity contribution in [3.63, 3.8) is 0 Å². The fourth-order valence-corrected chi connectivity index (χ4v) is 2.91. The molecule has 0 atom stereocenters. The van der Waals surface area contributed by atoms with E-state index in [9.17, 15) is 0 Å². The minimum atomic E-state index is 0.214. The molecule has 112 valence electrons. The Hall–Kier alpha value is -1.27. The van der Waals surface area contributed by atoms with Crippen molar-refractivity contribution >= 4 is 0 Å². The molecular weight excluding hydrogens is 276 g/mol. The molecule has 1 heteroatoms. The lowest BCUT2D eigenvalue weighted by Crippen LogP contribution is -2.10. The van der Waals surface area contributed by atoms with Crippen molar-refractivity contribution in [2.75, 3.05) is 0 Å². The minimum absolute atomic E-state index is 0.214. The summed E-state index contributed by atoms with van der Waals surface area (Å²) in [6, 6.07) is 17.7. The molecule has 2 aromatic carbocycles. The molecule has 0 aliphatic carbocycles. The van der Waals surface area contributed by atoms with Crippen molar-refractivity contribution in [2.24, 2.45) is 0 Å². The third kappa shape index (κ3) is 4.35. The molecule has 0 unspecified atom stereocenters. The average Bonchev–Trinajstić information content (AvgIpc) is 2.38. The van der Waals surface area contributed by atoms with Crippen LogP contribution in [0.1, 0.15) is 52.7 Å². The van der Waals surface area contributed by atoms with E-state index in [4.69, 9.17) is 0 Å². The van der Waals surface area contributed by atoms with Crippen molar-refractivity contribution in [1.29, 1.82) is 0 Å². The van der Waals surface area contributed by atoms with Gasteiger partial charge < -0.3 is 0 Å². The summed E-state index contributed by atoms with van der Waals surface area (Å²) in [7, 11) is 2.37. The zero-order valence-corrected chi connectivity index (χ0v) is 14.8. The van der Waals surface area contributed by atoms with Gasteiger partial charge >= 0.3 is 0 Å². The van der Waals surface area contributed by atoms with Crippen LogP contribution in [0, 0.1) is 10.8 Å². The summed E-state index contributed by atoms with van der Waals surface area (Å²) in [4.78, 5) is 0. The van der Waals surface area contributed by atoms with Crippen LogP contribution in [0.5, 0.6) is 0 Å². The zero-order valence-electron chi connectivity index (χ0n) is 14.0. The Kier molecular flexibility index (Phi) is 4.49. The Labute approximate surface area is 133 Å². The van der Waals surface area contributed by atoms with Crippen molar-refractivity contribution in [3.8, 4) is 0 Å². The van der Waals surface area contributed by atoms with E-state index in [1.807, 2.05) is 0 Å². The van der Waals surface area contributed by atoms with Crippen LogP contribution in [0.3, 0.4) is 0 Å². The lowest BCUT2D eigenvalue weighted by molar-refractivity contribution is -0.535. The maximum Gasteiger partial charge on any atom is 0.235 e. The summed E-state index contributed by atoms with van der Waals surface area (Å²) in [6.45, 7) is 13.5. The highest BCUT2D eigenvalue weighted by molar-refractivity contribution is 5.28. The van der Waals surface area contributed by atoms with E-state index in [0.717, 1.165) is 0 Å². The molecule has 0 bridgehead atoms. The quantitative estimate of drug-likeness (QED) is 0.648. The molecule has 0 aromatic heterocycles. The molecule has 2 aromatic rings. The molecule has 0 aliphatic rings. The van der Waals surface area contributed by atoms with Crippen molar-refractivity contribution in [1.82, 2.24) is 0 Å². The molecule has 21 heavy (non-hydrogen) atoms. The molecular formula is C20H26Cl+. The summed E-state index contributed by atoms with van der Waals surface area (Å²) in [5.74, 6) is 0. The number of hydrogen-bond donors (Lipinski definition) is 0. The van der Waals surface area contributed by atoms with Crippen LogP contribution in [0.15, 0.2) is 48.5 Å². The maximum absolute atomic E-state index is 2.37. The predicted molar refractivity (Wildman–Crippen MR) is 88.6 cm³/mol. The van der Waals surface area contributed by atoms with Gasteiger partial charge in [-0.1, -0.05) is 65.8 Å². The Balaban J connectivity index is 2.12. The normalized spacial score (nSPS) is 12.5. The monoisotopic (exact) mass is 301 g/mol.